The summed E-state index contributed by atoms with van der Waals surface area (Å²) in [7, 11) is 0. The minimum Gasteiger partial charge on any atom is -0.481 e. The number of aromatic nitrogens is 1. The summed E-state index contributed by atoms with van der Waals surface area (Å²) >= 11 is 1.11. The van der Waals surface area contributed by atoms with Gasteiger partial charge in [-0.15, -0.1) is 0 Å². The maximum Gasteiger partial charge on any atom is 0.317 e. The molecule has 0 radical (unpaired) electrons. The molecule has 1 unspecified atom stereocenters. The number of carboxylic acids is 1. The number of hydrogen-bond acceptors (Lipinski definition) is 4. The van der Waals surface area contributed by atoms with E-state index in [0.29, 0.717) is 5.56 Å². The standard InChI is InChI=1S/C5H4N4O2S/c6-9-8-4(5(10)11)3-1-7-12-2-3/h1-2,4H,(H,10,11). The first kappa shape index (κ1) is 8.51. The second-order valence-electron chi connectivity index (χ2n) is 1.90. The van der Waals surface area contributed by atoms with Gasteiger partial charge in [-0.25, -0.2) is 4.37 Å². The van der Waals surface area contributed by atoms with Crippen LogP contribution in [0.2, 0.25) is 0 Å². The van der Waals surface area contributed by atoms with Gasteiger partial charge in [0.15, 0.2) is 6.04 Å². The number of aliphatic carboxylic acids is 1. The van der Waals surface area contributed by atoms with Crippen molar-refractivity contribution in [1.29, 1.82) is 0 Å². The Morgan fingerprint density at radius 3 is 3.08 bits per heavy atom. The van der Waals surface area contributed by atoms with Gasteiger partial charge in [-0.3, -0.25) is 4.79 Å². The van der Waals surface area contributed by atoms with Gasteiger partial charge in [0.1, 0.15) is 0 Å². The van der Waals surface area contributed by atoms with Gasteiger partial charge in [0.2, 0.25) is 0 Å². The van der Waals surface area contributed by atoms with Crippen molar-refractivity contribution in [3.63, 3.8) is 0 Å². The summed E-state index contributed by atoms with van der Waals surface area (Å²) in [5, 5.41) is 13.2. The van der Waals surface area contributed by atoms with Crippen molar-refractivity contribution in [3.8, 4) is 0 Å². The molecule has 0 bridgehead atoms. The molecule has 0 amide bonds. The molecule has 1 aromatic rings. The number of azide groups is 1. The summed E-state index contributed by atoms with van der Waals surface area (Å²) in [6.07, 6.45) is 1.37. The van der Waals surface area contributed by atoms with E-state index in [1.54, 1.807) is 0 Å². The van der Waals surface area contributed by atoms with E-state index in [-0.39, 0.29) is 0 Å². The summed E-state index contributed by atoms with van der Waals surface area (Å²) < 4.78 is 3.70. The lowest BCUT2D eigenvalue weighted by Gasteiger charge is -1.99. The van der Waals surface area contributed by atoms with Crippen LogP contribution in [-0.4, -0.2) is 15.4 Å². The average molecular weight is 184 g/mol. The van der Waals surface area contributed by atoms with E-state index >= 15 is 0 Å². The molecule has 1 rings (SSSR count). The van der Waals surface area contributed by atoms with Crippen LogP contribution in [-0.2, 0) is 4.79 Å². The predicted octanol–water partition coefficient (Wildman–Crippen LogP) is 1.58. The minimum atomic E-state index is -1.17. The first-order chi connectivity index (χ1) is 5.75. The van der Waals surface area contributed by atoms with Crippen molar-refractivity contribution in [2.24, 2.45) is 5.11 Å². The fraction of sp³-hybridized carbons (Fsp3) is 0.200. The monoisotopic (exact) mass is 184 g/mol. The highest BCUT2D eigenvalue weighted by molar-refractivity contribution is 7.03. The molecular weight excluding hydrogens is 180 g/mol. The highest BCUT2D eigenvalue weighted by Crippen LogP contribution is 2.18. The van der Waals surface area contributed by atoms with Crippen LogP contribution in [0, 0.1) is 0 Å². The molecule has 0 fully saturated rings. The van der Waals surface area contributed by atoms with E-state index in [1.807, 2.05) is 0 Å². The van der Waals surface area contributed by atoms with Gasteiger partial charge in [0, 0.05) is 22.1 Å². The van der Waals surface area contributed by atoms with Gasteiger partial charge >= 0.3 is 5.97 Å². The Bertz CT molecular complexity index is 314. The summed E-state index contributed by atoms with van der Waals surface area (Å²) in [6, 6.07) is -1.16. The zero-order valence-electron chi connectivity index (χ0n) is 5.78. The van der Waals surface area contributed by atoms with Crippen LogP contribution in [0.3, 0.4) is 0 Å². The van der Waals surface area contributed by atoms with Crippen molar-refractivity contribution in [2.45, 2.75) is 6.04 Å². The van der Waals surface area contributed by atoms with E-state index in [0.717, 1.165) is 11.5 Å². The normalized spacial score (nSPS) is 11.7. The van der Waals surface area contributed by atoms with Gasteiger partial charge in [0.05, 0.1) is 0 Å². The second kappa shape index (κ2) is 3.70. The SMILES string of the molecule is [N-]=[N+]=NC(C(=O)O)c1cnsc1. The molecule has 0 aromatic carbocycles. The molecule has 0 spiro atoms. The summed E-state index contributed by atoms with van der Waals surface area (Å²) in [6.45, 7) is 0. The molecule has 0 aliphatic rings. The Morgan fingerprint density at radius 1 is 1.92 bits per heavy atom. The number of nitrogens with zero attached hydrogens (tertiary/aromatic N) is 4. The molecule has 1 atom stereocenters. The third-order valence-electron chi connectivity index (χ3n) is 1.17. The lowest BCUT2D eigenvalue weighted by atomic mass is 10.2. The molecule has 0 saturated carbocycles. The third-order valence-corrected chi connectivity index (χ3v) is 1.77. The quantitative estimate of drug-likeness (QED) is 0.438. The molecule has 12 heavy (non-hydrogen) atoms. The van der Waals surface area contributed by atoms with E-state index < -0.39 is 12.0 Å². The molecular formula is C5H4N4O2S. The van der Waals surface area contributed by atoms with E-state index in [2.05, 4.69) is 14.4 Å². The molecule has 7 heteroatoms. The highest BCUT2D eigenvalue weighted by atomic mass is 32.1. The Labute approximate surface area is 71.3 Å². The Kier molecular flexibility index (Phi) is 2.62. The van der Waals surface area contributed by atoms with Crippen LogP contribution in [0.15, 0.2) is 16.7 Å². The van der Waals surface area contributed by atoms with Crippen molar-refractivity contribution < 1.29 is 9.90 Å². The van der Waals surface area contributed by atoms with Gasteiger partial charge in [-0.05, 0) is 17.1 Å². The number of hydrogen-bond donors (Lipinski definition) is 1. The second-order valence-corrected chi connectivity index (χ2v) is 2.56. The zero-order chi connectivity index (χ0) is 8.97. The average Bonchev–Trinajstić information content (AvgIpc) is 2.51. The highest BCUT2D eigenvalue weighted by Gasteiger charge is 2.18. The molecule has 62 valence electrons. The minimum absolute atomic E-state index is 0.408. The number of carbonyl (C=O) groups is 1. The van der Waals surface area contributed by atoms with Gasteiger partial charge in [-0.2, -0.15) is 0 Å². The van der Waals surface area contributed by atoms with Crippen LogP contribution in [0.5, 0.6) is 0 Å². The Hall–Kier alpha value is -1.59. The van der Waals surface area contributed by atoms with Crippen molar-refractivity contribution in [2.75, 3.05) is 0 Å². The molecule has 6 nitrogen and oxygen atoms in total. The summed E-state index contributed by atoms with van der Waals surface area (Å²) in [5.41, 5.74) is 8.47. The molecule has 1 aromatic heterocycles. The van der Waals surface area contributed by atoms with Crippen molar-refractivity contribution >= 4 is 17.5 Å². The first-order valence-corrected chi connectivity index (χ1v) is 3.75. The first-order valence-electron chi connectivity index (χ1n) is 2.92. The predicted molar refractivity (Wildman–Crippen MR) is 41.6 cm³/mol. The van der Waals surface area contributed by atoms with E-state index in [1.165, 1.54) is 11.6 Å². The maximum absolute atomic E-state index is 10.5. The van der Waals surface area contributed by atoms with Crippen LogP contribution >= 0.6 is 11.5 Å². The van der Waals surface area contributed by atoms with Crippen LogP contribution in [0.1, 0.15) is 11.6 Å². The number of carboxylic acid groups (broad SMARTS) is 1. The molecule has 0 aliphatic heterocycles. The fourth-order valence-corrected chi connectivity index (χ4v) is 1.21. The molecule has 1 N–H and O–H groups in total. The van der Waals surface area contributed by atoms with E-state index in [4.69, 9.17) is 10.6 Å². The van der Waals surface area contributed by atoms with Crippen LogP contribution in [0.4, 0.5) is 0 Å². The Balaban J connectivity index is 2.95. The fourth-order valence-electron chi connectivity index (χ4n) is 0.658. The van der Waals surface area contributed by atoms with Gasteiger partial charge in [-0.1, -0.05) is 5.11 Å². The van der Waals surface area contributed by atoms with Crippen LogP contribution in [0.25, 0.3) is 10.4 Å². The van der Waals surface area contributed by atoms with E-state index in [9.17, 15) is 4.79 Å². The molecule has 0 aliphatic carbocycles. The topological polar surface area (TPSA) is 99.0 Å². The summed E-state index contributed by atoms with van der Waals surface area (Å²) in [4.78, 5) is 12.9. The van der Waals surface area contributed by atoms with Gasteiger partial charge in [0.25, 0.3) is 0 Å². The third kappa shape index (κ3) is 1.71. The number of rotatable bonds is 3. The molecule has 0 saturated heterocycles. The summed E-state index contributed by atoms with van der Waals surface area (Å²) in [5.74, 6) is -1.17. The zero-order valence-corrected chi connectivity index (χ0v) is 6.60. The smallest absolute Gasteiger partial charge is 0.317 e. The van der Waals surface area contributed by atoms with Crippen LogP contribution < -0.4 is 0 Å². The van der Waals surface area contributed by atoms with Crippen molar-refractivity contribution in [1.82, 2.24) is 4.37 Å². The van der Waals surface area contributed by atoms with Gasteiger partial charge < -0.3 is 5.11 Å². The lowest BCUT2D eigenvalue weighted by Crippen LogP contribution is -2.07. The van der Waals surface area contributed by atoms with Crippen molar-refractivity contribution in [3.05, 3.63) is 27.6 Å². The Morgan fingerprint density at radius 2 is 2.67 bits per heavy atom. The molecule has 1 heterocycles. The maximum atomic E-state index is 10.5. The lowest BCUT2D eigenvalue weighted by molar-refractivity contribution is -0.138. The largest absolute Gasteiger partial charge is 0.481 e.